The van der Waals surface area contributed by atoms with Gasteiger partial charge in [0.25, 0.3) is 0 Å². The minimum absolute atomic E-state index is 0. The Morgan fingerprint density at radius 3 is 2.42 bits per heavy atom. The molecule has 1 aromatic rings. The summed E-state index contributed by atoms with van der Waals surface area (Å²) in [4.78, 5) is 12.0. The SMILES string of the molecule is Cl.NC1CCCCC1CC(=O)Nc1ccc(OCC(F)(F)F)cc1. The normalized spacial score (nSPS) is 20.8. The molecule has 24 heavy (non-hydrogen) atoms. The zero-order valence-electron chi connectivity index (χ0n) is 13.1. The number of amides is 1. The number of anilines is 1. The number of carbonyl (C=O) groups excluding carboxylic acids is 1. The van der Waals surface area contributed by atoms with Crippen LogP contribution >= 0.6 is 12.4 Å². The Balaban J connectivity index is 0.00000288. The van der Waals surface area contributed by atoms with E-state index in [1.165, 1.54) is 24.3 Å². The van der Waals surface area contributed by atoms with E-state index in [9.17, 15) is 18.0 Å². The molecule has 0 spiro atoms. The molecule has 1 aromatic carbocycles. The fourth-order valence-corrected chi connectivity index (χ4v) is 2.74. The van der Waals surface area contributed by atoms with Gasteiger partial charge in [-0.15, -0.1) is 12.4 Å². The second kappa shape index (κ2) is 9.13. The number of halogens is 4. The maximum absolute atomic E-state index is 12.1. The summed E-state index contributed by atoms with van der Waals surface area (Å²) in [5, 5.41) is 2.74. The maximum atomic E-state index is 12.1. The Bertz CT molecular complexity index is 523. The van der Waals surface area contributed by atoms with Gasteiger partial charge in [-0.2, -0.15) is 13.2 Å². The summed E-state index contributed by atoms with van der Waals surface area (Å²) in [5.74, 6) is 0.170. The Morgan fingerprint density at radius 1 is 1.21 bits per heavy atom. The van der Waals surface area contributed by atoms with Gasteiger partial charge in [0.15, 0.2) is 6.61 Å². The third kappa shape index (κ3) is 6.97. The highest BCUT2D eigenvalue weighted by atomic mass is 35.5. The van der Waals surface area contributed by atoms with E-state index in [1.54, 1.807) is 0 Å². The van der Waals surface area contributed by atoms with Gasteiger partial charge in [-0.05, 0) is 43.0 Å². The van der Waals surface area contributed by atoms with Gasteiger partial charge in [0, 0.05) is 18.2 Å². The summed E-state index contributed by atoms with van der Waals surface area (Å²) < 4.78 is 40.8. The molecule has 4 nitrogen and oxygen atoms in total. The molecule has 0 aromatic heterocycles. The molecular formula is C16H22ClF3N2O2. The summed E-state index contributed by atoms with van der Waals surface area (Å²) in [5.41, 5.74) is 6.55. The zero-order valence-corrected chi connectivity index (χ0v) is 14.0. The molecule has 2 rings (SSSR count). The van der Waals surface area contributed by atoms with Crippen molar-refractivity contribution in [2.24, 2.45) is 11.7 Å². The summed E-state index contributed by atoms with van der Waals surface area (Å²) in [7, 11) is 0. The number of ether oxygens (including phenoxy) is 1. The number of nitrogens with one attached hydrogen (secondary N) is 1. The highest BCUT2D eigenvalue weighted by Gasteiger charge is 2.28. The van der Waals surface area contributed by atoms with Crippen molar-refractivity contribution in [3.63, 3.8) is 0 Å². The third-order valence-corrected chi connectivity index (χ3v) is 3.96. The minimum Gasteiger partial charge on any atom is -0.484 e. The molecule has 1 aliphatic rings. The van der Waals surface area contributed by atoms with Gasteiger partial charge in [-0.1, -0.05) is 12.8 Å². The number of nitrogens with two attached hydrogens (primary N) is 1. The van der Waals surface area contributed by atoms with Crippen LogP contribution in [0, 0.1) is 5.92 Å². The number of hydrogen-bond donors (Lipinski definition) is 2. The monoisotopic (exact) mass is 366 g/mol. The van der Waals surface area contributed by atoms with Crippen LogP contribution in [-0.2, 0) is 4.79 Å². The van der Waals surface area contributed by atoms with Gasteiger partial charge in [0.05, 0.1) is 0 Å². The van der Waals surface area contributed by atoms with E-state index in [4.69, 9.17) is 5.73 Å². The van der Waals surface area contributed by atoms with Crippen molar-refractivity contribution in [1.82, 2.24) is 0 Å². The van der Waals surface area contributed by atoms with Crippen LogP contribution in [0.15, 0.2) is 24.3 Å². The van der Waals surface area contributed by atoms with Crippen LogP contribution in [0.3, 0.4) is 0 Å². The molecule has 0 radical (unpaired) electrons. The van der Waals surface area contributed by atoms with Gasteiger partial charge in [-0.3, -0.25) is 4.79 Å². The number of hydrogen-bond acceptors (Lipinski definition) is 3. The summed E-state index contributed by atoms with van der Waals surface area (Å²) in [6.45, 7) is -1.34. The lowest BCUT2D eigenvalue weighted by Gasteiger charge is -2.27. The molecule has 0 aliphatic heterocycles. The largest absolute Gasteiger partial charge is 0.484 e. The second-order valence-corrected chi connectivity index (χ2v) is 5.89. The van der Waals surface area contributed by atoms with Crippen molar-refractivity contribution < 1.29 is 22.7 Å². The van der Waals surface area contributed by atoms with Crippen LogP contribution in [0.25, 0.3) is 0 Å². The molecule has 3 N–H and O–H groups in total. The Hall–Kier alpha value is -1.47. The van der Waals surface area contributed by atoms with E-state index < -0.39 is 12.8 Å². The second-order valence-electron chi connectivity index (χ2n) is 5.89. The molecule has 1 aliphatic carbocycles. The topological polar surface area (TPSA) is 64.4 Å². The van der Waals surface area contributed by atoms with E-state index in [2.05, 4.69) is 10.1 Å². The van der Waals surface area contributed by atoms with E-state index >= 15 is 0 Å². The van der Waals surface area contributed by atoms with Crippen LogP contribution in [0.1, 0.15) is 32.1 Å². The van der Waals surface area contributed by atoms with E-state index in [0.717, 1.165) is 25.7 Å². The third-order valence-electron chi connectivity index (χ3n) is 3.96. The summed E-state index contributed by atoms with van der Waals surface area (Å²) in [6.07, 6.45) is 0.108. The van der Waals surface area contributed by atoms with Crippen molar-refractivity contribution in [3.05, 3.63) is 24.3 Å². The lowest BCUT2D eigenvalue weighted by Crippen LogP contribution is -2.35. The Kier molecular flexibility index (Phi) is 7.83. The average Bonchev–Trinajstić information content (AvgIpc) is 2.48. The average molecular weight is 367 g/mol. The van der Waals surface area contributed by atoms with Crippen molar-refractivity contribution in [2.45, 2.75) is 44.3 Å². The predicted octanol–water partition coefficient (Wildman–Crippen LogP) is 3.90. The quantitative estimate of drug-likeness (QED) is 0.830. The highest BCUT2D eigenvalue weighted by Crippen LogP contribution is 2.26. The molecule has 2 atom stereocenters. The fourth-order valence-electron chi connectivity index (χ4n) is 2.74. The minimum atomic E-state index is -4.37. The molecule has 8 heteroatoms. The lowest BCUT2D eigenvalue weighted by atomic mass is 9.83. The number of alkyl halides is 3. The Morgan fingerprint density at radius 2 is 1.83 bits per heavy atom. The summed E-state index contributed by atoms with van der Waals surface area (Å²) >= 11 is 0. The van der Waals surface area contributed by atoms with Gasteiger partial charge in [-0.25, -0.2) is 0 Å². The van der Waals surface area contributed by atoms with Gasteiger partial charge in [0.1, 0.15) is 5.75 Å². The molecule has 1 amide bonds. The van der Waals surface area contributed by atoms with Crippen molar-refractivity contribution in [3.8, 4) is 5.75 Å². The van der Waals surface area contributed by atoms with Crippen molar-refractivity contribution in [2.75, 3.05) is 11.9 Å². The van der Waals surface area contributed by atoms with Crippen molar-refractivity contribution >= 4 is 24.0 Å². The molecular weight excluding hydrogens is 345 g/mol. The van der Waals surface area contributed by atoms with Crippen LogP contribution in [0.4, 0.5) is 18.9 Å². The fraction of sp³-hybridized carbons (Fsp3) is 0.562. The molecule has 0 saturated heterocycles. The predicted molar refractivity (Wildman–Crippen MR) is 88.4 cm³/mol. The first kappa shape index (κ1) is 20.6. The number of carbonyl (C=O) groups is 1. The van der Waals surface area contributed by atoms with E-state index in [0.29, 0.717) is 12.1 Å². The van der Waals surface area contributed by atoms with Crippen LogP contribution in [0.5, 0.6) is 5.75 Å². The molecule has 2 unspecified atom stereocenters. The van der Waals surface area contributed by atoms with E-state index in [-0.39, 0.29) is 36.0 Å². The van der Waals surface area contributed by atoms with Gasteiger partial charge >= 0.3 is 6.18 Å². The molecule has 0 heterocycles. The molecule has 1 saturated carbocycles. The smallest absolute Gasteiger partial charge is 0.422 e. The van der Waals surface area contributed by atoms with Gasteiger partial charge < -0.3 is 15.8 Å². The van der Waals surface area contributed by atoms with Crippen LogP contribution < -0.4 is 15.8 Å². The lowest BCUT2D eigenvalue weighted by molar-refractivity contribution is -0.153. The number of benzene rings is 1. The molecule has 0 bridgehead atoms. The molecule has 136 valence electrons. The van der Waals surface area contributed by atoms with Crippen molar-refractivity contribution in [1.29, 1.82) is 0 Å². The first-order valence-corrected chi connectivity index (χ1v) is 7.68. The van der Waals surface area contributed by atoms with Crippen LogP contribution in [0.2, 0.25) is 0 Å². The van der Waals surface area contributed by atoms with E-state index in [1.807, 2.05) is 0 Å². The standard InChI is InChI=1S/C16H21F3N2O2.ClH/c17-16(18,19)10-23-13-7-5-12(6-8-13)21-15(22)9-11-3-1-2-4-14(11)20;/h5-8,11,14H,1-4,9-10,20H2,(H,21,22);1H. The first-order valence-electron chi connectivity index (χ1n) is 7.68. The number of rotatable bonds is 5. The zero-order chi connectivity index (χ0) is 16.9. The van der Waals surface area contributed by atoms with Crippen LogP contribution in [-0.4, -0.2) is 24.7 Å². The first-order chi connectivity index (χ1) is 10.8. The Labute approximate surface area is 145 Å². The highest BCUT2D eigenvalue weighted by molar-refractivity contribution is 5.90. The molecule has 1 fully saturated rings. The van der Waals surface area contributed by atoms with Gasteiger partial charge in [0.2, 0.25) is 5.91 Å². The summed E-state index contributed by atoms with van der Waals surface area (Å²) in [6, 6.07) is 5.89. The maximum Gasteiger partial charge on any atom is 0.422 e.